The molecule has 1 fully saturated rings. The van der Waals surface area contributed by atoms with Crippen LogP contribution in [0.15, 0.2) is 34.6 Å². The van der Waals surface area contributed by atoms with Crippen molar-refractivity contribution >= 4 is 62.9 Å². The third-order valence-corrected chi connectivity index (χ3v) is 11.4. The highest BCUT2D eigenvalue weighted by atomic mass is 32.1. The molecule has 1 aromatic carbocycles. The van der Waals surface area contributed by atoms with Gasteiger partial charge >= 0.3 is 5.97 Å². The van der Waals surface area contributed by atoms with Crippen LogP contribution in [0.1, 0.15) is 91.5 Å². The van der Waals surface area contributed by atoms with E-state index >= 15 is 0 Å². The minimum absolute atomic E-state index is 0.0169. The molecule has 5 amide bonds. The number of nitrogens with two attached hydrogens (primary N) is 3. The second-order valence-corrected chi connectivity index (χ2v) is 17.6. The van der Waals surface area contributed by atoms with Crippen molar-refractivity contribution in [1.82, 2.24) is 31.5 Å². The van der Waals surface area contributed by atoms with Crippen molar-refractivity contribution in [2.45, 2.75) is 129 Å². The molecule has 328 valence electrons. The second-order valence-electron chi connectivity index (χ2n) is 16.7. The Morgan fingerprint density at radius 1 is 0.898 bits per heavy atom. The summed E-state index contributed by atoms with van der Waals surface area (Å²) in [6, 6.07) is 1.73. The summed E-state index contributed by atoms with van der Waals surface area (Å²) in [5.41, 5.74) is 16.6. The zero-order valence-electron chi connectivity index (χ0n) is 35.3. The maximum atomic E-state index is 14.3. The SMILES string of the molecule is CN[C@@H](CCCN=C(N)N)C(=O)N[C@@H](CCCCN)C(=O)N1CCC[C@H]1C(=O)N[C@@H](Cc1csc2ccccc12)C(=O)N[C@H](C(=O)N[C@@H](CC(C)C)C(=O)O)C(C)(C)C. The highest BCUT2D eigenvalue weighted by Gasteiger charge is 2.41. The molecule has 0 unspecified atom stereocenters. The Hall–Kier alpha value is -4.81. The molecule has 1 aliphatic heterocycles. The van der Waals surface area contributed by atoms with Gasteiger partial charge in [-0.2, -0.15) is 0 Å². The normalized spacial score (nSPS) is 16.7. The van der Waals surface area contributed by atoms with Gasteiger partial charge in [0.1, 0.15) is 30.2 Å². The number of amides is 5. The summed E-state index contributed by atoms with van der Waals surface area (Å²) in [5.74, 6) is -3.87. The Labute approximate surface area is 351 Å². The molecule has 0 aliphatic carbocycles. The van der Waals surface area contributed by atoms with Crippen molar-refractivity contribution in [3.63, 3.8) is 0 Å². The Bertz CT molecular complexity index is 1770. The van der Waals surface area contributed by atoms with Crippen LogP contribution in [-0.2, 0) is 35.2 Å². The number of likely N-dealkylation sites (tertiary alicyclic amines) is 1. The predicted octanol–water partition coefficient (Wildman–Crippen LogP) is 1.32. The van der Waals surface area contributed by atoms with Crippen LogP contribution >= 0.6 is 11.3 Å². The summed E-state index contributed by atoms with van der Waals surface area (Å²) in [4.78, 5) is 87.5. The Balaban J connectivity index is 1.89. The number of unbranched alkanes of at least 4 members (excludes halogenated alkanes) is 1. The largest absolute Gasteiger partial charge is 0.480 e. The molecule has 1 aliphatic rings. The first-order valence-corrected chi connectivity index (χ1v) is 21.4. The minimum Gasteiger partial charge on any atom is -0.480 e. The van der Waals surface area contributed by atoms with E-state index in [1.807, 2.05) is 43.5 Å². The smallest absolute Gasteiger partial charge is 0.326 e. The number of aliphatic imine (C=N–C) groups is 1. The molecule has 0 spiro atoms. The number of benzene rings is 1. The van der Waals surface area contributed by atoms with Gasteiger partial charge in [-0.1, -0.05) is 52.8 Å². The van der Waals surface area contributed by atoms with Gasteiger partial charge in [0.2, 0.25) is 29.5 Å². The number of aliphatic carboxylic acids is 1. The Kier molecular flexibility index (Phi) is 19.0. The molecular formula is C41H66N10O7S. The molecule has 0 radical (unpaired) electrons. The number of carbonyl (C=O) groups excluding carboxylic acids is 5. The van der Waals surface area contributed by atoms with Gasteiger partial charge in [-0.25, -0.2) is 4.79 Å². The van der Waals surface area contributed by atoms with E-state index in [2.05, 4.69) is 31.6 Å². The van der Waals surface area contributed by atoms with Gasteiger partial charge in [0.15, 0.2) is 5.96 Å². The zero-order chi connectivity index (χ0) is 43.9. The number of carboxylic acids is 1. The summed E-state index contributed by atoms with van der Waals surface area (Å²) in [7, 11) is 1.65. The Morgan fingerprint density at radius 2 is 1.56 bits per heavy atom. The fourth-order valence-corrected chi connectivity index (χ4v) is 8.17. The number of nitrogens with zero attached hydrogens (tertiary/aromatic N) is 2. The van der Waals surface area contributed by atoms with Crippen LogP contribution in [0.2, 0.25) is 0 Å². The number of carbonyl (C=O) groups is 6. The van der Waals surface area contributed by atoms with E-state index in [9.17, 15) is 33.9 Å². The van der Waals surface area contributed by atoms with Crippen LogP contribution < -0.4 is 43.8 Å². The van der Waals surface area contributed by atoms with E-state index in [1.54, 1.807) is 27.8 Å². The number of hydrogen-bond acceptors (Lipinski definition) is 10. The lowest BCUT2D eigenvalue weighted by molar-refractivity contribution is -0.143. The maximum absolute atomic E-state index is 14.3. The van der Waals surface area contributed by atoms with Crippen LogP contribution in [0, 0.1) is 11.3 Å². The van der Waals surface area contributed by atoms with Gasteiger partial charge in [0.25, 0.3) is 0 Å². The summed E-state index contributed by atoms with van der Waals surface area (Å²) < 4.78 is 0.995. The van der Waals surface area contributed by atoms with Crippen molar-refractivity contribution < 1.29 is 33.9 Å². The number of carboxylic acid groups (broad SMARTS) is 1. The summed E-state index contributed by atoms with van der Waals surface area (Å²) in [5, 5.41) is 26.9. The molecule has 18 heteroatoms. The zero-order valence-corrected chi connectivity index (χ0v) is 36.2. The summed E-state index contributed by atoms with van der Waals surface area (Å²) in [6.45, 7) is 9.99. The molecular weight excluding hydrogens is 777 g/mol. The van der Waals surface area contributed by atoms with Crippen molar-refractivity contribution in [1.29, 1.82) is 0 Å². The third kappa shape index (κ3) is 14.8. The molecule has 6 atom stereocenters. The van der Waals surface area contributed by atoms with Gasteiger partial charge in [0, 0.05) is 24.2 Å². The van der Waals surface area contributed by atoms with E-state index in [1.165, 1.54) is 16.2 Å². The predicted molar refractivity (Wildman–Crippen MR) is 230 cm³/mol. The molecule has 1 saturated heterocycles. The first kappa shape index (κ1) is 48.6. The maximum Gasteiger partial charge on any atom is 0.326 e. The number of rotatable bonds is 23. The van der Waals surface area contributed by atoms with Crippen molar-refractivity contribution in [2.75, 3.05) is 26.7 Å². The van der Waals surface area contributed by atoms with Crippen LogP contribution in [-0.4, -0.2) is 114 Å². The van der Waals surface area contributed by atoms with E-state index in [4.69, 9.17) is 17.2 Å². The lowest BCUT2D eigenvalue weighted by atomic mass is 9.85. The summed E-state index contributed by atoms with van der Waals surface area (Å²) >= 11 is 1.50. The van der Waals surface area contributed by atoms with E-state index in [0.717, 1.165) is 15.6 Å². The number of hydrogen-bond donors (Lipinski definition) is 9. The Morgan fingerprint density at radius 3 is 2.19 bits per heavy atom. The monoisotopic (exact) mass is 842 g/mol. The van der Waals surface area contributed by atoms with Gasteiger partial charge in [-0.05, 0) is 98.7 Å². The molecule has 0 saturated carbocycles. The average molecular weight is 843 g/mol. The summed E-state index contributed by atoms with van der Waals surface area (Å²) in [6.07, 6.45) is 3.58. The molecule has 12 N–H and O–H groups in total. The molecule has 3 rings (SSSR count). The molecule has 2 heterocycles. The van der Waals surface area contributed by atoms with Crippen LogP contribution in [0.25, 0.3) is 10.1 Å². The van der Waals surface area contributed by atoms with E-state index < -0.39 is 71.3 Å². The number of likely N-dealkylation sites (N-methyl/N-ethyl adjacent to an activating group) is 1. The van der Waals surface area contributed by atoms with Gasteiger partial charge in [-0.3, -0.25) is 29.0 Å². The van der Waals surface area contributed by atoms with Crippen LogP contribution in [0.3, 0.4) is 0 Å². The highest BCUT2D eigenvalue weighted by Crippen LogP contribution is 2.28. The van der Waals surface area contributed by atoms with E-state index in [0.29, 0.717) is 58.0 Å². The van der Waals surface area contributed by atoms with Crippen molar-refractivity contribution in [3.05, 3.63) is 35.2 Å². The number of thiophene rings is 1. The van der Waals surface area contributed by atoms with Crippen molar-refractivity contribution in [3.8, 4) is 0 Å². The number of nitrogens with one attached hydrogen (secondary N) is 5. The third-order valence-electron chi connectivity index (χ3n) is 10.4. The van der Waals surface area contributed by atoms with Crippen LogP contribution in [0.5, 0.6) is 0 Å². The van der Waals surface area contributed by atoms with Gasteiger partial charge in [-0.15, -0.1) is 11.3 Å². The van der Waals surface area contributed by atoms with Gasteiger partial charge in [0.05, 0.1) is 6.04 Å². The van der Waals surface area contributed by atoms with E-state index in [-0.39, 0.29) is 37.2 Å². The standard InChI is InChI=1S/C41H66N10O7S/c1-24(2)21-30(39(57)58)49-37(55)33(41(3,4)5)50-35(53)29(22-25-23-59-32-17-8-7-13-26(25)32)48-36(54)31-16-12-20-51(31)38(56)28(14-9-10-18-42)47-34(52)27(45-6)15-11-19-46-40(43)44/h7-8,13,17,23-24,27-31,33,45H,9-12,14-16,18-22,42H2,1-6H3,(H,47,52)(H,48,54)(H,49,55)(H,50,53)(H,57,58)(H4,43,44,46)/t27-,28-,29-,30-,31-,33+/m0/s1. The van der Waals surface area contributed by atoms with Crippen LogP contribution in [0.4, 0.5) is 0 Å². The minimum atomic E-state index is -1.18. The number of fused-ring (bicyclic) bond motifs is 1. The second kappa shape index (κ2) is 23.1. The molecule has 2 aromatic rings. The lowest BCUT2D eigenvalue weighted by Gasteiger charge is -2.33. The highest BCUT2D eigenvalue weighted by molar-refractivity contribution is 7.17. The number of guanidine groups is 1. The lowest BCUT2D eigenvalue weighted by Crippen LogP contribution is -2.61. The topological polar surface area (TPSA) is 276 Å². The molecule has 0 bridgehead atoms. The van der Waals surface area contributed by atoms with Gasteiger partial charge < -0.3 is 53.8 Å². The molecule has 59 heavy (non-hydrogen) atoms. The quantitative estimate of drug-likeness (QED) is 0.0437. The average Bonchev–Trinajstić information content (AvgIpc) is 3.83. The molecule has 1 aromatic heterocycles. The fraction of sp³-hybridized carbons (Fsp3) is 0.634. The first-order valence-electron chi connectivity index (χ1n) is 20.5. The first-order chi connectivity index (χ1) is 27.9. The fourth-order valence-electron chi connectivity index (χ4n) is 7.19. The van der Waals surface area contributed by atoms with Crippen molar-refractivity contribution in [2.24, 2.45) is 33.5 Å². The molecule has 17 nitrogen and oxygen atoms in total.